The third kappa shape index (κ3) is 2.89. The van der Waals surface area contributed by atoms with Crippen molar-refractivity contribution in [3.63, 3.8) is 0 Å². The number of hydrogen-bond donors (Lipinski definition) is 1. The van der Waals surface area contributed by atoms with Gasteiger partial charge in [-0.1, -0.05) is 25.7 Å². The van der Waals surface area contributed by atoms with Gasteiger partial charge in [0.25, 0.3) is 0 Å². The molecule has 4 heteroatoms. The molecule has 1 heterocycles. The summed E-state index contributed by atoms with van der Waals surface area (Å²) in [7, 11) is 0. The van der Waals surface area contributed by atoms with Crippen molar-refractivity contribution in [3.05, 3.63) is 29.6 Å². The highest BCUT2D eigenvalue weighted by molar-refractivity contribution is 5.74. The minimum Gasteiger partial charge on any atom is -0.490 e. The molecular formula is C17H21FO3. The molecule has 21 heavy (non-hydrogen) atoms. The number of carboxylic acids is 1. The van der Waals surface area contributed by atoms with Crippen LogP contribution in [-0.4, -0.2) is 17.2 Å². The highest BCUT2D eigenvalue weighted by atomic mass is 19.1. The quantitative estimate of drug-likeness (QED) is 0.858. The first-order valence-corrected chi connectivity index (χ1v) is 7.78. The number of carboxylic acid groups (broad SMARTS) is 1. The summed E-state index contributed by atoms with van der Waals surface area (Å²) in [6.45, 7) is 0. The van der Waals surface area contributed by atoms with E-state index in [4.69, 9.17) is 4.74 Å². The molecule has 0 aromatic heterocycles. The summed E-state index contributed by atoms with van der Waals surface area (Å²) in [5.74, 6) is -0.258. The van der Waals surface area contributed by atoms with Gasteiger partial charge in [0, 0.05) is 18.4 Å². The van der Waals surface area contributed by atoms with E-state index < -0.39 is 11.4 Å². The minimum atomic E-state index is -0.699. The molecule has 1 aromatic carbocycles. The van der Waals surface area contributed by atoms with E-state index in [2.05, 4.69) is 0 Å². The van der Waals surface area contributed by atoms with Gasteiger partial charge >= 0.3 is 5.97 Å². The molecule has 1 unspecified atom stereocenters. The SMILES string of the molecule is O=C(O)C1(CC2Cc3cc(F)ccc3O2)CCCCCC1. The average Bonchev–Trinajstić information content (AvgIpc) is 2.67. The Bertz CT molecular complexity index is 533. The van der Waals surface area contributed by atoms with Crippen molar-refractivity contribution >= 4 is 5.97 Å². The second kappa shape index (κ2) is 5.66. The second-order valence-corrected chi connectivity index (χ2v) is 6.40. The Morgan fingerprint density at radius 2 is 2.00 bits per heavy atom. The minimum absolute atomic E-state index is 0.143. The molecule has 1 atom stereocenters. The number of rotatable bonds is 3. The fraction of sp³-hybridized carbons (Fsp3) is 0.588. The summed E-state index contributed by atoms with van der Waals surface area (Å²) in [4.78, 5) is 11.8. The lowest BCUT2D eigenvalue weighted by Gasteiger charge is -2.30. The Hall–Kier alpha value is -1.58. The third-order valence-electron chi connectivity index (χ3n) is 4.90. The van der Waals surface area contributed by atoms with E-state index in [1.54, 1.807) is 6.07 Å². The van der Waals surface area contributed by atoms with Crippen molar-refractivity contribution < 1.29 is 19.0 Å². The summed E-state index contributed by atoms with van der Waals surface area (Å²) in [6, 6.07) is 4.53. The molecule has 3 nitrogen and oxygen atoms in total. The lowest BCUT2D eigenvalue weighted by molar-refractivity contribution is -0.151. The third-order valence-corrected chi connectivity index (χ3v) is 4.90. The van der Waals surface area contributed by atoms with E-state index in [1.807, 2.05) is 0 Å². The molecule has 0 amide bonds. The summed E-state index contributed by atoms with van der Waals surface area (Å²) < 4.78 is 19.1. The van der Waals surface area contributed by atoms with E-state index in [9.17, 15) is 14.3 Å². The van der Waals surface area contributed by atoms with Gasteiger partial charge in [0.05, 0.1) is 5.41 Å². The highest BCUT2D eigenvalue weighted by Crippen LogP contribution is 2.42. The van der Waals surface area contributed by atoms with E-state index in [0.29, 0.717) is 18.6 Å². The topological polar surface area (TPSA) is 46.5 Å². The molecule has 2 aliphatic rings. The first-order valence-electron chi connectivity index (χ1n) is 7.78. The predicted octanol–water partition coefficient (Wildman–Crippen LogP) is 3.94. The Morgan fingerprint density at radius 3 is 2.67 bits per heavy atom. The lowest BCUT2D eigenvalue weighted by Crippen LogP contribution is -2.36. The fourth-order valence-electron chi connectivity index (χ4n) is 3.75. The van der Waals surface area contributed by atoms with Crippen molar-refractivity contribution in [3.8, 4) is 5.75 Å². The normalized spacial score (nSPS) is 24.0. The van der Waals surface area contributed by atoms with Crippen LogP contribution in [0.4, 0.5) is 4.39 Å². The second-order valence-electron chi connectivity index (χ2n) is 6.40. The average molecular weight is 292 g/mol. The molecule has 0 radical (unpaired) electrons. The van der Waals surface area contributed by atoms with Gasteiger partial charge in [-0.05, 0) is 31.0 Å². The van der Waals surface area contributed by atoms with Gasteiger partial charge in [0.15, 0.2) is 0 Å². The maximum absolute atomic E-state index is 13.3. The molecule has 1 aromatic rings. The first kappa shape index (κ1) is 14.4. The number of ether oxygens (including phenoxy) is 1. The van der Waals surface area contributed by atoms with Crippen LogP contribution in [0.5, 0.6) is 5.75 Å². The number of aliphatic carboxylic acids is 1. The van der Waals surface area contributed by atoms with Gasteiger partial charge in [-0.15, -0.1) is 0 Å². The Morgan fingerprint density at radius 1 is 1.29 bits per heavy atom. The van der Waals surface area contributed by atoms with Crippen LogP contribution in [-0.2, 0) is 11.2 Å². The number of benzene rings is 1. The monoisotopic (exact) mass is 292 g/mol. The molecule has 0 saturated heterocycles. The van der Waals surface area contributed by atoms with E-state index in [0.717, 1.165) is 44.1 Å². The maximum Gasteiger partial charge on any atom is 0.309 e. The van der Waals surface area contributed by atoms with Crippen molar-refractivity contribution in [2.45, 2.75) is 57.5 Å². The van der Waals surface area contributed by atoms with Crippen LogP contribution in [0.3, 0.4) is 0 Å². The standard InChI is InChI=1S/C17H21FO3/c18-13-5-6-15-12(9-13)10-14(21-15)11-17(16(19)20)7-3-1-2-4-8-17/h5-6,9,14H,1-4,7-8,10-11H2,(H,19,20). The Kier molecular flexibility index (Phi) is 3.87. The van der Waals surface area contributed by atoms with Crippen molar-refractivity contribution in [1.29, 1.82) is 0 Å². The predicted molar refractivity (Wildman–Crippen MR) is 76.9 cm³/mol. The molecule has 0 bridgehead atoms. The summed E-state index contributed by atoms with van der Waals surface area (Å²) in [5, 5.41) is 9.72. The molecule has 1 aliphatic heterocycles. The summed E-state index contributed by atoms with van der Waals surface area (Å²) in [6.07, 6.45) is 6.63. The lowest BCUT2D eigenvalue weighted by atomic mass is 9.75. The Labute approximate surface area is 124 Å². The molecule has 1 saturated carbocycles. The van der Waals surface area contributed by atoms with Crippen LogP contribution in [0.2, 0.25) is 0 Å². The zero-order valence-electron chi connectivity index (χ0n) is 12.1. The molecule has 114 valence electrons. The van der Waals surface area contributed by atoms with Crippen LogP contribution in [0.15, 0.2) is 18.2 Å². The van der Waals surface area contributed by atoms with Crippen LogP contribution < -0.4 is 4.74 Å². The zero-order valence-corrected chi connectivity index (χ0v) is 12.1. The number of carbonyl (C=O) groups is 1. The van der Waals surface area contributed by atoms with Gasteiger partial charge < -0.3 is 9.84 Å². The molecule has 3 rings (SSSR count). The van der Waals surface area contributed by atoms with Gasteiger partial charge in [-0.25, -0.2) is 4.39 Å². The van der Waals surface area contributed by atoms with Gasteiger partial charge in [-0.2, -0.15) is 0 Å². The number of hydrogen-bond acceptors (Lipinski definition) is 2. The number of halogens is 1. The molecule has 1 N–H and O–H groups in total. The highest BCUT2D eigenvalue weighted by Gasteiger charge is 2.42. The first-order chi connectivity index (χ1) is 10.1. The van der Waals surface area contributed by atoms with Crippen LogP contribution in [0, 0.1) is 11.2 Å². The number of fused-ring (bicyclic) bond motifs is 1. The smallest absolute Gasteiger partial charge is 0.309 e. The van der Waals surface area contributed by atoms with Crippen molar-refractivity contribution in [2.24, 2.45) is 5.41 Å². The molecule has 0 spiro atoms. The largest absolute Gasteiger partial charge is 0.490 e. The van der Waals surface area contributed by atoms with Crippen LogP contribution in [0.25, 0.3) is 0 Å². The Balaban J connectivity index is 1.74. The van der Waals surface area contributed by atoms with Crippen molar-refractivity contribution in [2.75, 3.05) is 0 Å². The molecule has 1 aliphatic carbocycles. The van der Waals surface area contributed by atoms with Gasteiger partial charge in [-0.3, -0.25) is 4.79 Å². The summed E-state index contributed by atoms with van der Waals surface area (Å²) in [5.41, 5.74) is 0.191. The zero-order chi connectivity index (χ0) is 14.9. The van der Waals surface area contributed by atoms with Gasteiger partial charge in [0.1, 0.15) is 17.7 Å². The van der Waals surface area contributed by atoms with Gasteiger partial charge in [0.2, 0.25) is 0 Å². The van der Waals surface area contributed by atoms with E-state index >= 15 is 0 Å². The van der Waals surface area contributed by atoms with E-state index in [-0.39, 0.29) is 11.9 Å². The van der Waals surface area contributed by atoms with E-state index in [1.165, 1.54) is 12.1 Å². The fourth-order valence-corrected chi connectivity index (χ4v) is 3.75. The maximum atomic E-state index is 13.3. The van der Waals surface area contributed by atoms with Crippen molar-refractivity contribution in [1.82, 2.24) is 0 Å². The molecular weight excluding hydrogens is 271 g/mol. The summed E-state index contributed by atoms with van der Waals surface area (Å²) >= 11 is 0. The van der Waals surface area contributed by atoms with Crippen LogP contribution >= 0.6 is 0 Å². The molecule has 1 fully saturated rings. The van der Waals surface area contributed by atoms with Crippen LogP contribution in [0.1, 0.15) is 50.5 Å².